The maximum atomic E-state index is 12.3. The molecule has 0 bridgehead atoms. The maximum absolute atomic E-state index is 12.3. The summed E-state index contributed by atoms with van der Waals surface area (Å²) >= 11 is 1.27. The van der Waals surface area contributed by atoms with Gasteiger partial charge in [0.15, 0.2) is 0 Å². The van der Waals surface area contributed by atoms with Gasteiger partial charge in [-0.3, -0.25) is 9.52 Å². The minimum atomic E-state index is -3.57. The molecule has 5 nitrogen and oxygen atoms in total. The fourth-order valence-corrected chi connectivity index (χ4v) is 4.54. The van der Waals surface area contributed by atoms with Gasteiger partial charge in [0.1, 0.15) is 4.21 Å². The summed E-state index contributed by atoms with van der Waals surface area (Å²) in [6.07, 6.45) is 1.09. The third kappa shape index (κ3) is 2.79. The SMILES string of the molecule is CCc1ccc(S(=O)(=O)Nc2ccc3c(c2)CC(=O)N3)s1. The van der Waals surface area contributed by atoms with E-state index in [1.807, 2.05) is 13.0 Å². The quantitative estimate of drug-likeness (QED) is 0.908. The van der Waals surface area contributed by atoms with E-state index in [1.165, 1.54) is 11.3 Å². The van der Waals surface area contributed by atoms with Gasteiger partial charge in [-0.05, 0) is 42.3 Å². The molecular formula is C14H14N2O3S2. The summed E-state index contributed by atoms with van der Waals surface area (Å²) in [6, 6.07) is 8.49. The Morgan fingerprint density at radius 1 is 1.29 bits per heavy atom. The summed E-state index contributed by atoms with van der Waals surface area (Å²) in [5, 5.41) is 2.72. The zero-order valence-electron chi connectivity index (χ0n) is 11.3. The number of aryl methyl sites for hydroxylation is 1. The summed E-state index contributed by atoms with van der Waals surface area (Å²) < 4.78 is 27.5. The van der Waals surface area contributed by atoms with Crippen LogP contribution in [0.15, 0.2) is 34.5 Å². The van der Waals surface area contributed by atoms with Crippen molar-refractivity contribution in [2.75, 3.05) is 10.0 Å². The lowest BCUT2D eigenvalue weighted by atomic mass is 10.1. The first kappa shape index (κ1) is 14.1. The van der Waals surface area contributed by atoms with E-state index in [0.717, 1.165) is 22.5 Å². The van der Waals surface area contributed by atoms with E-state index >= 15 is 0 Å². The number of thiophene rings is 1. The van der Waals surface area contributed by atoms with E-state index in [1.54, 1.807) is 24.3 Å². The number of hydrogen-bond donors (Lipinski definition) is 2. The standard InChI is InChI=1S/C14H14N2O3S2/c1-2-11-4-6-14(20-11)21(18,19)16-10-3-5-12-9(7-10)8-13(17)15-12/h3-7,16H,2,8H2,1H3,(H,15,17). The molecule has 110 valence electrons. The van der Waals surface area contributed by atoms with Crippen molar-refractivity contribution in [2.24, 2.45) is 0 Å². The van der Waals surface area contributed by atoms with Crippen LogP contribution in [0.3, 0.4) is 0 Å². The molecule has 0 atom stereocenters. The van der Waals surface area contributed by atoms with Gasteiger partial charge in [0.2, 0.25) is 5.91 Å². The lowest BCUT2D eigenvalue weighted by molar-refractivity contribution is -0.115. The summed E-state index contributed by atoms with van der Waals surface area (Å²) in [5.41, 5.74) is 2.02. The number of amides is 1. The molecule has 0 saturated carbocycles. The molecule has 2 heterocycles. The number of nitrogens with one attached hydrogen (secondary N) is 2. The van der Waals surface area contributed by atoms with Gasteiger partial charge in [0, 0.05) is 16.3 Å². The predicted molar refractivity (Wildman–Crippen MR) is 83.3 cm³/mol. The number of sulfonamides is 1. The number of fused-ring (bicyclic) bond motifs is 1. The van der Waals surface area contributed by atoms with Crippen LogP contribution in [0.1, 0.15) is 17.4 Å². The molecule has 2 aromatic rings. The van der Waals surface area contributed by atoms with Crippen LogP contribution in [0.2, 0.25) is 0 Å². The molecule has 7 heteroatoms. The predicted octanol–water partition coefficient (Wildman–Crippen LogP) is 2.61. The van der Waals surface area contributed by atoms with Gasteiger partial charge in [-0.1, -0.05) is 6.92 Å². The number of benzene rings is 1. The molecule has 1 aromatic heterocycles. The minimum Gasteiger partial charge on any atom is -0.326 e. The molecular weight excluding hydrogens is 308 g/mol. The Kier molecular flexibility index (Phi) is 3.46. The smallest absolute Gasteiger partial charge is 0.271 e. The van der Waals surface area contributed by atoms with Crippen molar-refractivity contribution in [3.05, 3.63) is 40.8 Å². The number of carbonyl (C=O) groups excluding carboxylic acids is 1. The monoisotopic (exact) mass is 322 g/mol. The van der Waals surface area contributed by atoms with Crippen LogP contribution in [0.4, 0.5) is 11.4 Å². The number of anilines is 2. The molecule has 0 unspecified atom stereocenters. The minimum absolute atomic E-state index is 0.0733. The van der Waals surface area contributed by atoms with Crippen molar-refractivity contribution in [2.45, 2.75) is 24.0 Å². The summed E-state index contributed by atoms with van der Waals surface area (Å²) in [4.78, 5) is 12.3. The van der Waals surface area contributed by atoms with Crippen LogP contribution in [0.25, 0.3) is 0 Å². The molecule has 3 rings (SSSR count). The Labute approximate surface area is 127 Å². The lowest BCUT2D eigenvalue weighted by Gasteiger charge is -2.07. The summed E-state index contributed by atoms with van der Waals surface area (Å²) in [6.45, 7) is 1.99. The van der Waals surface area contributed by atoms with Gasteiger partial charge in [0.05, 0.1) is 6.42 Å². The van der Waals surface area contributed by atoms with Gasteiger partial charge in [-0.2, -0.15) is 0 Å². The highest BCUT2D eigenvalue weighted by Gasteiger charge is 2.20. The van der Waals surface area contributed by atoms with Crippen molar-refractivity contribution >= 4 is 38.6 Å². The van der Waals surface area contributed by atoms with Gasteiger partial charge >= 0.3 is 0 Å². The second-order valence-corrected chi connectivity index (χ2v) is 7.85. The molecule has 0 fully saturated rings. The first-order valence-electron chi connectivity index (χ1n) is 6.52. The Bertz CT molecular complexity index is 809. The van der Waals surface area contributed by atoms with E-state index in [-0.39, 0.29) is 12.3 Å². The molecule has 21 heavy (non-hydrogen) atoms. The number of rotatable bonds is 4. The van der Waals surface area contributed by atoms with Crippen LogP contribution >= 0.6 is 11.3 Å². The molecule has 0 spiro atoms. The zero-order valence-corrected chi connectivity index (χ0v) is 13.0. The van der Waals surface area contributed by atoms with Crippen molar-refractivity contribution in [3.8, 4) is 0 Å². The first-order valence-corrected chi connectivity index (χ1v) is 8.82. The number of carbonyl (C=O) groups is 1. The molecule has 1 amide bonds. The Hall–Kier alpha value is -1.86. The summed E-state index contributed by atoms with van der Waals surface area (Å²) in [7, 11) is -3.57. The fraction of sp³-hybridized carbons (Fsp3) is 0.214. The van der Waals surface area contributed by atoms with Gasteiger partial charge in [0.25, 0.3) is 10.0 Å². The van der Waals surface area contributed by atoms with Gasteiger partial charge < -0.3 is 5.32 Å². The van der Waals surface area contributed by atoms with Crippen molar-refractivity contribution in [1.82, 2.24) is 0 Å². The molecule has 0 radical (unpaired) electrons. The van der Waals surface area contributed by atoms with Gasteiger partial charge in [-0.15, -0.1) is 11.3 Å². The molecule has 0 aliphatic carbocycles. The average molecular weight is 322 g/mol. The van der Waals surface area contributed by atoms with E-state index in [2.05, 4.69) is 10.0 Å². The van der Waals surface area contributed by atoms with Crippen LogP contribution < -0.4 is 10.0 Å². The molecule has 2 N–H and O–H groups in total. The van der Waals surface area contributed by atoms with E-state index in [4.69, 9.17) is 0 Å². The normalized spacial score (nSPS) is 13.9. The van der Waals surface area contributed by atoms with E-state index in [9.17, 15) is 13.2 Å². The number of hydrogen-bond acceptors (Lipinski definition) is 4. The Balaban J connectivity index is 1.86. The van der Waals surface area contributed by atoms with Crippen LogP contribution in [0, 0.1) is 0 Å². The van der Waals surface area contributed by atoms with Gasteiger partial charge in [-0.25, -0.2) is 8.42 Å². The summed E-state index contributed by atoms with van der Waals surface area (Å²) in [5.74, 6) is -0.0733. The molecule has 0 saturated heterocycles. The van der Waals surface area contributed by atoms with Crippen molar-refractivity contribution in [1.29, 1.82) is 0 Å². The highest BCUT2D eigenvalue weighted by atomic mass is 32.2. The highest BCUT2D eigenvalue weighted by molar-refractivity contribution is 7.94. The second-order valence-electron chi connectivity index (χ2n) is 4.78. The van der Waals surface area contributed by atoms with Crippen molar-refractivity contribution < 1.29 is 13.2 Å². The van der Waals surface area contributed by atoms with Crippen LogP contribution in [-0.2, 0) is 27.7 Å². The molecule has 1 aromatic carbocycles. The molecule has 1 aliphatic heterocycles. The first-order chi connectivity index (χ1) is 9.98. The van der Waals surface area contributed by atoms with Crippen LogP contribution in [-0.4, -0.2) is 14.3 Å². The largest absolute Gasteiger partial charge is 0.326 e. The topological polar surface area (TPSA) is 75.3 Å². The maximum Gasteiger partial charge on any atom is 0.271 e. The highest BCUT2D eigenvalue weighted by Crippen LogP contribution is 2.28. The molecule has 1 aliphatic rings. The Morgan fingerprint density at radius 2 is 2.10 bits per heavy atom. The Morgan fingerprint density at radius 3 is 2.81 bits per heavy atom. The third-order valence-corrected chi connectivity index (χ3v) is 6.34. The fourth-order valence-electron chi connectivity index (χ4n) is 2.19. The van der Waals surface area contributed by atoms with E-state index in [0.29, 0.717) is 9.90 Å². The average Bonchev–Trinajstić information content (AvgIpc) is 3.03. The zero-order chi connectivity index (χ0) is 15.0. The van der Waals surface area contributed by atoms with Crippen molar-refractivity contribution in [3.63, 3.8) is 0 Å². The second kappa shape index (κ2) is 5.16. The van der Waals surface area contributed by atoms with E-state index < -0.39 is 10.0 Å². The van der Waals surface area contributed by atoms with Crippen LogP contribution in [0.5, 0.6) is 0 Å². The third-order valence-electron chi connectivity index (χ3n) is 3.23. The lowest BCUT2D eigenvalue weighted by Crippen LogP contribution is -2.11.